The van der Waals surface area contributed by atoms with Crippen molar-refractivity contribution in [1.82, 2.24) is 0 Å². The van der Waals surface area contributed by atoms with E-state index in [0.29, 0.717) is 0 Å². The first-order chi connectivity index (χ1) is 20.7. The number of para-hydroxylation sites is 2. The van der Waals surface area contributed by atoms with Gasteiger partial charge in [-0.25, -0.2) is 0 Å². The summed E-state index contributed by atoms with van der Waals surface area (Å²) >= 11 is 0. The van der Waals surface area contributed by atoms with E-state index in [1.807, 2.05) is 24.3 Å². The molecular formula is C39H35N2O2+. The molecule has 0 fully saturated rings. The molecule has 8 rings (SSSR count). The summed E-state index contributed by atoms with van der Waals surface area (Å²) in [5.74, 6) is 0. The van der Waals surface area contributed by atoms with Gasteiger partial charge in [0.25, 0.3) is 0 Å². The molecule has 4 aromatic carbocycles. The smallest absolute Gasteiger partial charge is 0.213 e. The summed E-state index contributed by atoms with van der Waals surface area (Å²) in [5.41, 5.74) is 11.1. The molecule has 6 aromatic rings. The third kappa shape index (κ3) is 3.59. The second-order valence-electron chi connectivity index (χ2n) is 13.0. The maximum absolute atomic E-state index is 6.20. The van der Waals surface area contributed by atoms with Gasteiger partial charge in [0.05, 0.1) is 11.5 Å². The van der Waals surface area contributed by atoms with Gasteiger partial charge >= 0.3 is 0 Å². The van der Waals surface area contributed by atoms with E-state index in [4.69, 9.17) is 8.83 Å². The summed E-state index contributed by atoms with van der Waals surface area (Å²) in [6.45, 7) is 9.23. The predicted molar refractivity (Wildman–Crippen MR) is 179 cm³/mol. The molecule has 0 N–H and O–H groups in total. The van der Waals surface area contributed by atoms with Crippen LogP contribution in [0.3, 0.4) is 0 Å². The summed E-state index contributed by atoms with van der Waals surface area (Å²) in [4.78, 5) is 2.30. The number of hydrogen-bond donors (Lipinski definition) is 0. The maximum Gasteiger partial charge on any atom is 0.213 e. The van der Waals surface area contributed by atoms with Crippen molar-refractivity contribution in [2.75, 3.05) is 19.0 Å². The molecule has 2 aliphatic heterocycles. The molecule has 0 amide bonds. The highest BCUT2D eigenvalue weighted by Crippen LogP contribution is 2.49. The molecule has 0 aliphatic carbocycles. The van der Waals surface area contributed by atoms with Gasteiger partial charge in [-0.1, -0.05) is 68.5 Å². The van der Waals surface area contributed by atoms with Crippen molar-refractivity contribution in [3.63, 3.8) is 0 Å². The van der Waals surface area contributed by atoms with Crippen LogP contribution in [0.25, 0.3) is 43.9 Å². The molecule has 0 radical (unpaired) electrons. The number of fused-ring (bicyclic) bond motifs is 8. The van der Waals surface area contributed by atoms with E-state index in [1.165, 1.54) is 55.5 Å². The van der Waals surface area contributed by atoms with Crippen LogP contribution in [0.5, 0.6) is 0 Å². The molecule has 0 saturated heterocycles. The lowest BCUT2D eigenvalue weighted by atomic mass is 9.81. The zero-order chi connectivity index (χ0) is 29.7. The number of anilines is 1. The standard InChI is InChI=1S/C39H35N2O2/c1-38(2)28-20-26-24-14-10-12-16-32(24)42-34(26)22-30(28)40(5)36(38)18-8-7-9-19-37-39(3,4)29-21-27-25-15-11-13-17-33(25)43-35(27)23-31(29)41(37)6/h7-23H,1-6H3/q+1. The fourth-order valence-corrected chi connectivity index (χ4v) is 7.45. The van der Waals surface area contributed by atoms with Crippen LogP contribution in [0.2, 0.25) is 0 Å². The molecule has 2 aromatic heterocycles. The van der Waals surface area contributed by atoms with Crippen LogP contribution in [0.1, 0.15) is 38.8 Å². The first-order valence-corrected chi connectivity index (χ1v) is 15.0. The van der Waals surface area contributed by atoms with Gasteiger partial charge in [-0.15, -0.1) is 0 Å². The third-order valence-corrected chi connectivity index (χ3v) is 9.79. The number of hydrogen-bond acceptors (Lipinski definition) is 3. The highest BCUT2D eigenvalue weighted by molar-refractivity contribution is 6.10. The lowest BCUT2D eigenvalue weighted by Crippen LogP contribution is -2.26. The van der Waals surface area contributed by atoms with Gasteiger partial charge in [-0.2, -0.15) is 4.58 Å². The lowest BCUT2D eigenvalue weighted by Gasteiger charge is -2.23. The summed E-state index contributed by atoms with van der Waals surface area (Å²) < 4.78 is 14.7. The van der Waals surface area contributed by atoms with Gasteiger partial charge in [0.1, 0.15) is 29.4 Å². The van der Waals surface area contributed by atoms with Gasteiger partial charge in [-0.3, -0.25) is 0 Å². The molecule has 212 valence electrons. The topological polar surface area (TPSA) is 32.5 Å². The average molecular weight is 564 g/mol. The van der Waals surface area contributed by atoms with Gasteiger partial charge in [0.2, 0.25) is 5.69 Å². The Kier molecular flexibility index (Phi) is 5.31. The van der Waals surface area contributed by atoms with Gasteiger partial charge < -0.3 is 13.7 Å². The minimum atomic E-state index is -0.129. The SMILES string of the molecule is CN1\C(=C/C=C/C=C/C2=[N+](C)c3cc4oc5ccccc5c4cc3C2(C)C)C(C)(C)c2cc3c(cc21)oc1ccccc13. The Balaban J connectivity index is 1.09. The molecule has 0 atom stereocenters. The second-order valence-corrected chi connectivity index (χ2v) is 13.0. The molecule has 0 bridgehead atoms. The van der Waals surface area contributed by atoms with Crippen LogP contribution >= 0.6 is 0 Å². The Morgan fingerprint density at radius 3 is 1.93 bits per heavy atom. The lowest BCUT2D eigenvalue weighted by molar-refractivity contribution is -0.401. The minimum absolute atomic E-state index is 0.129. The van der Waals surface area contributed by atoms with E-state index >= 15 is 0 Å². The van der Waals surface area contributed by atoms with Crippen molar-refractivity contribution in [3.05, 3.63) is 120 Å². The van der Waals surface area contributed by atoms with E-state index in [0.717, 1.165) is 22.3 Å². The first-order valence-electron chi connectivity index (χ1n) is 15.0. The Labute approximate surface area is 251 Å². The van der Waals surface area contributed by atoms with Crippen LogP contribution < -0.4 is 4.90 Å². The number of furan rings is 2. The Bertz CT molecular complexity index is 2270. The van der Waals surface area contributed by atoms with Crippen molar-refractivity contribution in [2.45, 2.75) is 38.5 Å². The van der Waals surface area contributed by atoms with Crippen molar-refractivity contribution in [2.24, 2.45) is 0 Å². The quantitative estimate of drug-likeness (QED) is 0.159. The summed E-state index contributed by atoms with van der Waals surface area (Å²) in [5, 5.41) is 4.70. The van der Waals surface area contributed by atoms with Gasteiger partial charge in [0.15, 0.2) is 5.71 Å². The van der Waals surface area contributed by atoms with Crippen LogP contribution in [0, 0.1) is 0 Å². The molecule has 43 heavy (non-hydrogen) atoms. The largest absolute Gasteiger partial charge is 0.456 e. The Hall–Kier alpha value is -4.83. The van der Waals surface area contributed by atoms with E-state index in [-0.39, 0.29) is 10.8 Å². The summed E-state index contributed by atoms with van der Waals surface area (Å²) in [6, 6.07) is 25.6. The molecule has 0 unspecified atom stereocenters. The third-order valence-electron chi connectivity index (χ3n) is 9.79. The van der Waals surface area contributed by atoms with E-state index in [1.54, 1.807) is 0 Å². The normalized spacial score (nSPS) is 18.6. The van der Waals surface area contributed by atoms with E-state index < -0.39 is 0 Å². The Morgan fingerprint density at radius 1 is 0.651 bits per heavy atom. The molecule has 2 aliphatic rings. The molecule has 4 nitrogen and oxygen atoms in total. The average Bonchev–Trinajstić information content (AvgIpc) is 3.65. The monoisotopic (exact) mass is 563 g/mol. The first kappa shape index (κ1) is 25.8. The van der Waals surface area contributed by atoms with Crippen LogP contribution in [-0.4, -0.2) is 24.4 Å². The molecule has 4 heteroatoms. The number of allylic oxidation sites excluding steroid dienone is 6. The van der Waals surface area contributed by atoms with Crippen molar-refractivity contribution in [3.8, 4) is 0 Å². The van der Waals surface area contributed by atoms with E-state index in [9.17, 15) is 0 Å². The van der Waals surface area contributed by atoms with Gasteiger partial charge in [-0.05, 0) is 49.8 Å². The van der Waals surface area contributed by atoms with Crippen LogP contribution in [-0.2, 0) is 10.8 Å². The minimum Gasteiger partial charge on any atom is -0.456 e. The molecular weight excluding hydrogens is 528 g/mol. The number of rotatable bonds is 3. The second kappa shape index (κ2) is 8.84. The van der Waals surface area contributed by atoms with Gasteiger partial charge in [0, 0.05) is 63.1 Å². The highest BCUT2D eigenvalue weighted by Gasteiger charge is 2.43. The highest BCUT2D eigenvalue weighted by atomic mass is 16.3. The zero-order valence-corrected chi connectivity index (χ0v) is 25.5. The van der Waals surface area contributed by atoms with E-state index in [2.05, 4.69) is 130 Å². The fourth-order valence-electron chi connectivity index (χ4n) is 7.45. The number of likely N-dealkylation sites (N-methyl/N-ethyl adjacent to an activating group) is 1. The fraction of sp³-hybridized carbons (Fsp3) is 0.205. The summed E-state index contributed by atoms with van der Waals surface area (Å²) in [7, 11) is 4.31. The van der Waals surface area contributed by atoms with Crippen molar-refractivity contribution >= 4 is 61.0 Å². The zero-order valence-electron chi connectivity index (χ0n) is 25.5. The molecule has 0 spiro atoms. The van der Waals surface area contributed by atoms with Crippen molar-refractivity contribution in [1.29, 1.82) is 0 Å². The molecule has 0 saturated carbocycles. The number of benzene rings is 4. The maximum atomic E-state index is 6.20. The summed E-state index contributed by atoms with van der Waals surface area (Å²) in [6.07, 6.45) is 10.9. The van der Waals surface area contributed by atoms with Crippen LogP contribution in [0.15, 0.2) is 118 Å². The number of nitrogens with zero attached hydrogens (tertiary/aromatic N) is 2. The van der Waals surface area contributed by atoms with Crippen molar-refractivity contribution < 1.29 is 13.4 Å². The predicted octanol–water partition coefficient (Wildman–Crippen LogP) is 9.92. The Morgan fingerprint density at radius 2 is 1.26 bits per heavy atom. The molecule has 4 heterocycles. The van der Waals surface area contributed by atoms with Crippen LogP contribution in [0.4, 0.5) is 11.4 Å².